The second-order valence-electron chi connectivity index (χ2n) is 16.1. The van der Waals surface area contributed by atoms with Gasteiger partial charge in [-0.2, -0.15) is 0 Å². The van der Waals surface area contributed by atoms with Gasteiger partial charge in [0.25, 0.3) is 0 Å². The molecule has 1 aliphatic heterocycles. The highest BCUT2D eigenvalue weighted by molar-refractivity contribution is 7.09. The number of amides is 4. The van der Waals surface area contributed by atoms with E-state index in [1.807, 2.05) is 94.2 Å². The number of likely N-dealkylation sites (N-methyl/N-ethyl adjacent to an activating group) is 2. The highest BCUT2D eigenvalue weighted by Crippen LogP contribution is 2.30. The summed E-state index contributed by atoms with van der Waals surface area (Å²) in [6, 6.07) is 7.83. The molecule has 0 saturated carbocycles. The Morgan fingerprint density at radius 1 is 0.945 bits per heavy atom. The molecule has 2 N–H and O–H groups in total. The van der Waals surface area contributed by atoms with E-state index in [1.54, 1.807) is 32.4 Å². The van der Waals surface area contributed by atoms with Crippen molar-refractivity contribution >= 4 is 35.0 Å². The smallest absolute Gasteiger partial charge is 0.245 e. The first-order chi connectivity index (χ1) is 26.1. The van der Waals surface area contributed by atoms with E-state index in [-0.39, 0.29) is 65.9 Å². The van der Waals surface area contributed by atoms with Gasteiger partial charge >= 0.3 is 0 Å². The van der Waals surface area contributed by atoms with Crippen LogP contribution in [0.5, 0.6) is 0 Å². The Labute approximate surface area is 334 Å². The Bertz CT molecular complexity index is 1480. The van der Waals surface area contributed by atoms with E-state index in [9.17, 15) is 19.2 Å². The number of thiazole rings is 1. The number of hydrogen-bond donors (Lipinski definition) is 2. The normalized spacial score (nSPS) is 19.0. The van der Waals surface area contributed by atoms with E-state index >= 15 is 0 Å². The minimum atomic E-state index is -0.751. The molecule has 3 rings (SSSR count). The van der Waals surface area contributed by atoms with Crippen LogP contribution >= 0.6 is 11.3 Å². The van der Waals surface area contributed by atoms with Crippen LogP contribution in [0, 0.1) is 23.7 Å². The summed E-state index contributed by atoms with van der Waals surface area (Å²) < 4.78 is 12.1. The Hall–Kier alpha value is -3.39. The maximum absolute atomic E-state index is 14.3. The minimum Gasteiger partial charge on any atom is -0.379 e. The largest absolute Gasteiger partial charge is 0.379 e. The van der Waals surface area contributed by atoms with Gasteiger partial charge in [-0.3, -0.25) is 24.1 Å². The highest BCUT2D eigenvalue weighted by atomic mass is 32.1. The monoisotopic (exact) mass is 784 g/mol. The molecule has 0 bridgehead atoms. The average Bonchev–Trinajstić information content (AvgIpc) is 3.87. The molecule has 0 spiro atoms. The Morgan fingerprint density at radius 2 is 1.62 bits per heavy atom. The van der Waals surface area contributed by atoms with E-state index in [4.69, 9.17) is 9.47 Å². The van der Waals surface area contributed by atoms with Crippen molar-refractivity contribution in [2.45, 2.75) is 123 Å². The van der Waals surface area contributed by atoms with Crippen molar-refractivity contribution in [3.8, 4) is 0 Å². The number of nitrogens with zero attached hydrogens (tertiary/aromatic N) is 4. The second kappa shape index (κ2) is 21.8. The van der Waals surface area contributed by atoms with Gasteiger partial charge in [0, 0.05) is 39.4 Å². The lowest BCUT2D eigenvalue weighted by atomic mass is 9.89. The molecule has 0 radical (unpaired) electrons. The van der Waals surface area contributed by atoms with Gasteiger partial charge < -0.3 is 29.9 Å². The third-order valence-corrected chi connectivity index (χ3v) is 12.2. The lowest BCUT2D eigenvalue weighted by molar-refractivity contribution is -0.148. The van der Waals surface area contributed by atoms with Crippen LogP contribution in [0.25, 0.3) is 0 Å². The molecule has 13 heteroatoms. The number of carbonyl (C=O) groups excluding carboxylic acids is 4. The first-order valence-corrected chi connectivity index (χ1v) is 20.8. The fourth-order valence-corrected chi connectivity index (χ4v) is 8.86. The molecule has 1 unspecified atom stereocenters. The molecule has 0 aliphatic carbocycles. The van der Waals surface area contributed by atoms with Gasteiger partial charge in [0.15, 0.2) is 0 Å². The molecular formula is C42H68N6O6S. The van der Waals surface area contributed by atoms with Crippen LogP contribution < -0.4 is 10.6 Å². The summed E-state index contributed by atoms with van der Waals surface area (Å²) in [5.74, 6) is -1.35. The topological polar surface area (TPSA) is 133 Å². The zero-order chi connectivity index (χ0) is 41.0. The minimum absolute atomic E-state index is 0.00751. The molecule has 9 atom stereocenters. The van der Waals surface area contributed by atoms with Crippen LogP contribution in [0.4, 0.5) is 0 Å². The molecular weight excluding hydrogens is 717 g/mol. The van der Waals surface area contributed by atoms with E-state index in [1.165, 1.54) is 11.3 Å². The lowest BCUT2D eigenvalue weighted by Gasteiger charge is -2.41. The SMILES string of the molecule is CC[C@H](C)[C@@H]([C@@H](CC(=O)N1CCC[C@H]1[C@H](OC)[C@@H](C)C(=O)N[C@@H](Cc1ccccc1)c1nccs1)OC)N(C)C(=O)C(NC(=O)[C@H](C(C)C)N(C)C)C(C)C. The van der Waals surface area contributed by atoms with Crippen LogP contribution in [0.15, 0.2) is 41.9 Å². The van der Waals surface area contributed by atoms with E-state index in [2.05, 4.69) is 29.5 Å². The van der Waals surface area contributed by atoms with E-state index < -0.39 is 30.2 Å². The van der Waals surface area contributed by atoms with Crippen molar-refractivity contribution in [2.75, 3.05) is 41.9 Å². The molecule has 2 heterocycles. The van der Waals surface area contributed by atoms with Crippen LogP contribution in [-0.2, 0) is 35.1 Å². The van der Waals surface area contributed by atoms with Crippen molar-refractivity contribution in [1.82, 2.24) is 30.3 Å². The summed E-state index contributed by atoms with van der Waals surface area (Å²) in [4.78, 5) is 65.8. The molecule has 4 amide bonds. The fraction of sp³-hybridized carbons (Fsp3) is 0.690. The maximum Gasteiger partial charge on any atom is 0.245 e. The Balaban J connectivity index is 1.79. The van der Waals surface area contributed by atoms with Crippen LogP contribution in [-0.4, -0.2) is 122 Å². The van der Waals surface area contributed by atoms with Gasteiger partial charge in [-0.25, -0.2) is 4.98 Å². The quantitative estimate of drug-likeness (QED) is 0.177. The number of aromatic nitrogens is 1. The summed E-state index contributed by atoms with van der Waals surface area (Å²) in [7, 11) is 8.66. The van der Waals surface area contributed by atoms with Gasteiger partial charge in [-0.15, -0.1) is 11.3 Å². The molecule has 308 valence electrons. The Morgan fingerprint density at radius 3 is 2.15 bits per heavy atom. The second-order valence-corrected chi connectivity index (χ2v) is 17.0. The van der Waals surface area contributed by atoms with Gasteiger partial charge in [0.1, 0.15) is 11.0 Å². The Kier molecular flexibility index (Phi) is 18.2. The number of hydrogen-bond acceptors (Lipinski definition) is 9. The number of ether oxygens (including phenoxy) is 2. The third kappa shape index (κ3) is 12.1. The van der Waals surface area contributed by atoms with Crippen molar-refractivity contribution in [3.05, 3.63) is 52.5 Å². The zero-order valence-corrected chi connectivity index (χ0v) is 36.1. The molecule has 1 saturated heterocycles. The number of benzene rings is 1. The summed E-state index contributed by atoms with van der Waals surface area (Å²) in [5.41, 5.74) is 1.09. The molecule has 1 aromatic heterocycles. The first-order valence-electron chi connectivity index (χ1n) is 19.9. The van der Waals surface area contributed by atoms with Crippen molar-refractivity contribution in [2.24, 2.45) is 23.7 Å². The maximum atomic E-state index is 14.3. The van der Waals surface area contributed by atoms with E-state index in [0.717, 1.165) is 23.4 Å². The summed E-state index contributed by atoms with van der Waals surface area (Å²) in [5, 5.41) is 9.02. The molecule has 2 aromatic rings. The fourth-order valence-electron chi connectivity index (χ4n) is 8.17. The van der Waals surface area contributed by atoms with Gasteiger partial charge in [0.05, 0.1) is 48.7 Å². The predicted molar refractivity (Wildman–Crippen MR) is 218 cm³/mol. The van der Waals surface area contributed by atoms with E-state index in [0.29, 0.717) is 19.4 Å². The highest BCUT2D eigenvalue weighted by Gasteiger charge is 2.43. The third-order valence-electron chi connectivity index (χ3n) is 11.3. The van der Waals surface area contributed by atoms with Crippen molar-refractivity contribution < 1.29 is 28.7 Å². The average molecular weight is 785 g/mol. The molecule has 1 aromatic carbocycles. The molecule has 1 aliphatic rings. The van der Waals surface area contributed by atoms with Crippen molar-refractivity contribution in [1.29, 1.82) is 0 Å². The lowest BCUT2D eigenvalue weighted by Crippen LogP contribution is -2.59. The molecule has 1 fully saturated rings. The summed E-state index contributed by atoms with van der Waals surface area (Å²) in [6.45, 7) is 14.3. The van der Waals surface area contributed by atoms with Crippen LogP contribution in [0.3, 0.4) is 0 Å². The van der Waals surface area contributed by atoms with Crippen LogP contribution in [0.1, 0.15) is 90.8 Å². The standard InChI is InChI=1S/C42H68N6O6S/c1-13-28(6)37(47(10)42(52)35(26(2)3)45-40(51)36(27(4)5)46(8)9)33(53-11)25-34(49)48-22-17-20-32(48)38(54-12)29(7)39(50)44-31(41-43-21-23-55-41)24-30-18-15-14-16-19-30/h14-16,18-19,21,23,26-29,31-33,35-38H,13,17,20,22,24-25H2,1-12H3,(H,44,50)(H,45,51)/t28-,29+,31-,32-,33+,35?,36-,37-,38+/m0/s1. The number of carbonyl (C=O) groups is 4. The molecule has 55 heavy (non-hydrogen) atoms. The van der Waals surface area contributed by atoms with Gasteiger partial charge in [0.2, 0.25) is 23.6 Å². The number of likely N-dealkylation sites (tertiary alicyclic amines) is 1. The number of rotatable bonds is 21. The summed E-state index contributed by atoms with van der Waals surface area (Å²) in [6.07, 6.45) is 3.49. The van der Waals surface area contributed by atoms with Crippen LogP contribution in [0.2, 0.25) is 0 Å². The van der Waals surface area contributed by atoms with Gasteiger partial charge in [-0.05, 0) is 56.7 Å². The van der Waals surface area contributed by atoms with Crippen molar-refractivity contribution in [3.63, 3.8) is 0 Å². The van der Waals surface area contributed by atoms with Gasteiger partial charge in [-0.1, -0.05) is 85.2 Å². The number of methoxy groups -OCH3 is 2. The molecule has 12 nitrogen and oxygen atoms in total. The number of nitrogens with one attached hydrogen (secondary N) is 2. The summed E-state index contributed by atoms with van der Waals surface area (Å²) >= 11 is 1.51. The zero-order valence-electron chi connectivity index (χ0n) is 35.3. The first kappa shape index (κ1) is 46.0. The predicted octanol–water partition coefficient (Wildman–Crippen LogP) is 5.19.